The van der Waals surface area contributed by atoms with Crippen LogP contribution in [0.25, 0.3) is 0 Å². The molecular formula is C9H15N. The molecule has 1 rings (SSSR count). The Hall–Kier alpha value is -0.720. The summed E-state index contributed by atoms with van der Waals surface area (Å²) < 4.78 is 0. The minimum absolute atomic E-state index is 0.561. The van der Waals surface area contributed by atoms with Crippen molar-refractivity contribution in [2.24, 2.45) is 11.7 Å². The van der Waals surface area contributed by atoms with Crippen LogP contribution in [0.15, 0.2) is 24.4 Å². The van der Waals surface area contributed by atoms with E-state index in [-0.39, 0.29) is 0 Å². The van der Waals surface area contributed by atoms with Crippen LogP contribution >= 0.6 is 0 Å². The van der Waals surface area contributed by atoms with Gasteiger partial charge in [0.2, 0.25) is 0 Å². The van der Waals surface area contributed by atoms with Gasteiger partial charge in [0.05, 0.1) is 0 Å². The molecular weight excluding hydrogens is 122 g/mol. The molecule has 1 aliphatic rings. The minimum atomic E-state index is 0.561. The average molecular weight is 137 g/mol. The Labute approximate surface area is 62.6 Å². The predicted octanol–water partition coefficient (Wildman–Crippen LogP) is 2.21. The summed E-state index contributed by atoms with van der Waals surface area (Å²) >= 11 is 0. The molecule has 0 heterocycles. The second kappa shape index (κ2) is 2.91. The van der Waals surface area contributed by atoms with Gasteiger partial charge >= 0.3 is 0 Å². The molecule has 0 saturated heterocycles. The normalized spacial score (nSPS) is 21.0. The van der Waals surface area contributed by atoms with E-state index in [2.05, 4.69) is 13.2 Å². The van der Waals surface area contributed by atoms with Crippen LogP contribution in [0.3, 0.4) is 0 Å². The Balaban J connectivity index is 2.40. The summed E-state index contributed by atoms with van der Waals surface area (Å²) in [5.41, 5.74) is 7.82. The molecule has 0 aromatic heterocycles. The highest BCUT2D eigenvalue weighted by molar-refractivity contribution is 5.05. The van der Waals surface area contributed by atoms with Crippen molar-refractivity contribution in [1.82, 2.24) is 0 Å². The van der Waals surface area contributed by atoms with E-state index in [1.54, 1.807) is 0 Å². The van der Waals surface area contributed by atoms with Crippen molar-refractivity contribution in [1.29, 1.82) is 0 Å². The topological polar surface area (TPSA) is 26.0 Å². The van der Waals surface area contributed by atoms with Crippen LogP contribution in [0.5, 0.6) is 0 Å². The lowest BCUT2D eigenvalue weighted by molar-refractivity contribution is 0.464. The zero-order valence-corrected chi connectivity index (χ0v) is 6.40. The summed E-state index contributed by atoms with van der Waals surface area (Å²) in [6.07, 6.45) is 4.60. The molecule has 0 radical (unpaired) electrons. The SMILES string of the molecule is C=C1CCC(C(=C)N)CC1. The first kappa shape index (κ1) is 7.39. The largest absolute Gasteiger partial charge is 0.402 e. The van der Waals surface area contributed by atoms with Crippen LogP contribution in [-0.4, -0.2) is 0 Å². The number of hydrogen-bond donors (Lipinski definition) is 1. The summed E-state index contributed by atoms with van der Waals surface area (Å²) in [5, 5.41) is 0. The zero-order valence-electron chi connectivity index (χ0n) is 6.40. The molecule has 56 valence electrons. The molecule has 0 atom stereocenters. The van der Waals surface area contributed by atoms with E-state index >= 15 is 0 Å². The highest BCUT2D eigenvalue weighted by atomic mass is 14.6. The van der Waals surface area contributed by atoms with Crippen molar-refractivity contribution >= 4 is 0 Å². The van der Waals surface area contributed by atoms with Crippen LogP contribution in [0.1, 0.15) is 25.7 Å². The van der Waals surface area contributed by atoms with E-state index in [0.29, 0.717) is 5.92 Å². The molecule has 1 heteroatoms. The highest BCUT2D eigenvalue weighted by Gasteiger charge is 2.15. The maximum absolute atomic E-state index is 5.59. The van der Waals surface area contributed by atoms with Crippen molar-refractivity contribution in [2.45, 2.75) is 25.7 Å². The van der Waals surface area contributed by atoms with E-state index in [1.807, 2.05) is 0 Å². The number of allylic oxidation sites excluding steroid dienone is 2. The van der Waals surface area contributed by atoms with Gasteiger partial charge in [-0.1, -0.05) is 18.7 Å². The van der Waals surface area contributed by atoms with Gasteiger partial charge in [-0.05, 0) is 31.6 Å². The van der Waals surface area contributed by atoms with E-state index < -0.39 is 0 Å². The van der Waals surface area contributed by atoms with Gasteiger partial charge < -0.3 is 5.73 Å². The lowest BCUT2D eigenvalue weighted by atomic mass is 9.85. The summed E-state index contributed by atoms with van der Waals surface area (Å²) in [5.74, 6) is 0.561. The molecule has 1 saturated carbocycles. The monoisotopic (exact) mass is 137 g/mol. The first-order valence-electron chi connectivity index (χ1n) is 3.81. The Morgan fingerprint density at radius 2 is 1.90 bits per heavy atom. The second-order valence-corrected chi connectivity index (χ2v) is 3.10. The Kier molecular flexibility index (Phi) is 2.15. The molecule has 0 unspecified atom stereocenters. The molecule has 0 bridgehead atoms. The van der Waals surface area contributed by atoms with Crippen LogP contribution in [0, 0.1) is 5.92 Å². The molecule has 0 aromatic rings. The van der Waals surface area contributed by atoms with Crippen molar-refractivity contribution < 1.29 is 0 Å². The molecule has 2 N–H and O–H groups in total. The fourth-order valence-electron chi connectivity index (χ4n) is 1.40. The molecule has 0 aromatic carbocycles. The first-order valence-corrected chi connectivity index (χ1v) is 3.81. The first-order chi connectivity index (χ1) is 4.70. The third-order valence-electron chi connectivity index (χ3n) is 2.22. The van der Waals surface area contributed by atoms with Gasteiger partial charge in [0.15, 0.2) is 0 Å². The standard InChI is InChI=1S/C9H15N/c1-7-3-5-9(6-4-7)8(2)10/h9H,1-6,10H2. The van der Waals surface area contributed by atoms with Gasteiger partial charge in [-0.3, -0.25) is 0 Å². The molecule has 0 spiro atoms. The molecule has 10 heavy (non-hydrogen) atoms. The third kappa shape index (κ3) is 1.63. The van der Waals surface area contributed by atoms with Crippen LogP contribution < -0.4 is 5.73 Å². The molecule has 1 fully saturated rings. The second-order valence-electron chi connectivity index (χ2n) is 3.10. The van der Waals surface area contributed by atoms with Gasteiger partial charge in [-0.15, -0.1) is 0 Å². The van der Waals surface area contributed by atoms with Crippen molar-refractivity contribution in [3.8, 4) is 0 Å². The lowest BCUT2D eigenvalue weighted by Crippen LogP contribution is -2.14. The molecule has 1 nitrogen and oxygen atoms in total. The number of nitrogens with two attached hydrogens (primary N) is 1. The maximum atomic E-state index is 5.59. The summed E-state index contributed by atoms with van der Waals surface area (Å²) in [7, 11) is 0. The lowest BCUT2D eigenvalue weighted by Gasteiger charge is -2.22. The Bertz CT molecular complexity index is 148. The maximum Gasteiger partial charge on any atom is 0.00392 e. The van der Waals surface area contributed by atoms with Crippen molar-refractivity contribution in [2.75, 3.05) is 0 Å². The quantitative estimate of drug-likeness (QED) is 0.551. The van der Waals surface area contributed by atoms with Crippen molar-refractivity contribution in [3.05, 3.63) is 24.4 Å². The van der Waals surface area contributed by atoms with Gasteiger partial charge in [0.1, 0.15) is 0 Å². The number of rotatable bonds is 1. The Morgan fingerprint density at radius 3 is 2.30 bits per heavy atom. The Morgan fingerprint density at radius 1 is 1.40 bits per heavy atom. The van der Waals surface area contributed by atoms with E-state index in [4.69, 9.17) is 5.73 Å². The van der Waals surface area contributed by atoms with Crippen molar-refractivity contribution in [3.63, 3.8) is 0 Å². The van der Waals surface area contributed by atoms with Gasteiger partial charge in [-0.2, -0.15) is 0 Å². The molecule has 0 aliphatic heterocycles. The summed E-state index contributed by atoms with van der Waals surface area (Å²) in [6, 6.07) is 0. The average Bonchev–Trinajstić information content (AvgIpc) is 1.88. The fourth-order valence-corrected chi connectivity index (χ4v) is 1.40. The van der Waals surface area contributed by atoms with Gasteiger partial charge in [0, 0.05) is 5.70 Å². The third-order valence-corrected chi connectivity index (χ3v) is 2.22. The van der Waals surface area contributed by atoms with Crippen LogP contribution in [0.2, 0.25) is 0 Å². The minimum Gasteiger partial charge on any atom is -0.402 e. The molecule has 1 aliphatic carbocycles. The van der Waals surface area contributed by atoms with Gasteiger partial charge in [-0.25, -0.2) is 0 Å². The summed E-state index contributed by atoms with van der Waals surface area (Å²) in [4.78, 5) is 0. The van der Waals surface area contributed by atoms with Crippen LogP contribution in [-0.2, 0) is 0 Å². The number of hydrogen-bond acceptors (Lipinski definition) is 1. The predicted molar refractivity (Wildman–Crippen MR) is 44.4 cm³/mol. The van der Waals surface area contributed by atoms with E-state index in [9.17, 15) is 0 Å². The van der Waals surface area contributed by atoms with Gasteiger partial charge in [0.25, 0.3) is 0 Å². The zero-order chi connectivity index (χ0) is 7.56. The highest BCUT2D eigenvalue weighted by Crippen LogP contribution is 2.29. The van der Waals surface area contributed by atoms with E-state index in [1.165, 1.54) is 5.57 Å². The fraction of sp³-hybridized carbons (Fsp3) is 0.556. The smallest absolute Gasteiger partial charge is 0.00392 e. The van der Waals surface area contributed by atoms with Crippen LogP contribution in [0.4, 0.5) is 0 Å². The van der Waals surface area contributed by atoms with E-state index in [0.717, 1.165) is 31.4 Å². The molecule has 0 amide bonds. The summed E-state index contributed by atoms with van der Waals surface area (Å²) in [6.45, 7) is 7.69.